The van der Waals surface area contributed by atoms with Crippen LogP contribution in [0.3, 0.4) is 0 Å². The van der Waals surface area contributed by atoms with Gasteiger partial charge in [-0.1, -0.05) is 42.5 Å². The van der Waals surface area contributed by atoms with Gasteiger partial charge in [0.15, 0.2) is 0 Å². The Bertz CT molecular complexity index is 562. The van der Waals surface area contributed by atoms with E-state index in [0.29, 0.717) is 13.0 Å². The average Bonchev–Trinajstić information content (AvgIpc) is 2.88. The molecule has 3 rings (SSSR count). The third-order valence-corrected chi connectivity index (χ3v) is 3.94. The molecule has 1 heterocycles. The first kappa shape index (κ1) is 12.5. The van der Waals surface area contributed by atoms with E-state index >= 15 is 0 Å². The Labute approximate surface area is 111 Å². The van der Waals surface area contributed by atoms with Gasteiger partial charge in [-0.3, -0.25) is 4.90 Å². The monoisotopic (exact) mass is 261 g/mol. The molecule has 2 aromatic rings. The summed E-state index contributed by atoms with van der Waals surface area (Å²) in [4.78, 5) is 2.14. The van der Waals surface area contributed by atoms with Crippen LogP contribution in [0.5, 0.6) is 0 Å². The van der Waals surface area contributed by atoms with E-state index in [9.17, 15) is 8.78 Å². The Morgan fingerprint density at radius 3 is 2.68 bits per heavy atom. The molecule has 1 nitrogen and oxygen atoms in total. The molecule has 0 amide bonds. The summed E-state index contributed by atoms with van der Waals surface area (Å²) in [6.45, 7) is 2.06. The molecular weight excluding hydrogens is 244 g/mol. The van der Waals surface area contributed by atoms with Gasteiger partial charge in [0.2, 0.25) is 6.43 Å². The number of hydrogen-bond donors (Lipinski definition) is 0. The zero-order chi connectivity index (χ0) is 13.2. The molecule has 0 bridgehead atoms. The molecule has 19 heavy (non-hydrogen) atoms. The molecule has 0 radical (unpaired) electrons. The summed E-state index contributed by atoms with van der Waals surface area (Å²) in [5.41, 5.74) is 1.23. The number of halogens is 2. The SMILES string of the molecule is FC(F)C1CCN(Cc2cccc3ccccc23)C1. The quantitative estimate of drug-likeness (QED) is 0.809. The smallest absolute Gasteiger partial charge is 0.242 e. The van der Waals surface area contributed by atoms with Gasteiger partial charge in [0.25, 0.3) is 0 Å². The minimum absolute atomic E-state index is 0.449. The van der Waals surface area contributed by atoms with Crippen molar-refractivity contribution in [3.63, 3.8) is 0 Å². The molecule has 1 unspecified atom stereocenters. The zero-order valence-electron chi connectivity index (χ0n) is 10.7. The van der Waals surface area contributed by atoms with E-state index in [1.54, 1.807) is 0 Å². The Morgan fingerprint density at radius 1 is 1.11 bits per heavy atom. The minimum Gasteiger partial charge on any atom is -0.299 e. The molecule has 0 N–H and O–H groups in total. The molecule has 2 aromatic carbocycles. The Kier molecular flexibility index (Phi) is 3.47. The van der Waals surface area contributed by atoms with Crippen LogP contribution in [0.15, 0.2) is 42.5 Å². The lowest BCUT2D eigenvalue weighted by molar-refractivity contribution is 0.0803. The maximum Gasteiger partial charge on any atom is 0.242 e. The Balaban J connectivity index is 1.79. The Hall–Kier alpha value is -1.48. The second kappa shape index (κ2) is 5.25. The van der Waals surface area contributed by atoms with E-state index in [1.807, 2.05) is 18.2 Å². The van der Waals surface area contributed by atoms with Crippen LogP contribution >= 0.6 is 0 Å². The van der Waals surface area contributed by atoms with Crippen molar-refractivity contribution in [3.05, 3.63) is 48.0 Å². The van der Waals surface area contributed by atoms with Gasteiger partial charge in [0.05, 0.1) is 0 Å². The van der Waals surface area contributed by atoms with Crippen molar-refractivity contribution in [1.82, 2.24) is 4.90 Å². The Morgan fingerprint density at radius 2 is 1.89 bits per heavy atom. The number of hydrogen-bond acceptors (Lipinski definition) is 1. The standard InChI is InChI=1S/C16H17F2N/c17-16(18)14-8-9-19(11-14)10-13-6-3-5-12-4-1-2-7-15(12)13/h1-7,14,16H,8-11H2. The zero-order valence-corrected chi connectivity index (χ0v) is 10.7. The minimum atomic E-state index is -2.18. The van der Waals surface area contributed by atoms with Crippen LogP contribution in [0, 0.1) is 5.92 Å². The number of alkyl halides is 2. The van der Waals surface area contributed by atoms with Crippen molar-refractivity contribution >= 4 is 10.8 Å². The van der Waals surface area contributed by atoms with E-state index in [1.165, 1.54) is 16.3 Å². The highest BCUT2D eigenvalue weighted by molar-refractivity contribution is 5.85. The van der Waals surface area contributed by atoms with Crippen LogP contribution in [0.2, 0.25) is 0 Å². The fourth-order valence-corrected chi connectivity index (χ4v) is 2.88. The number of nitrogens with zero attached hydrogens (tertiary/aromatic N) is 1. The number of rotatable bonds is 3. The molecule has 100 valence electrons. The van der Waals surface area contributed by atoms with E-state index < -0.39 is 12.3 Å². The maximum atomic E-state index is 12.7. The van der Waals surface area contributed by atoms with Gasteiger partial charge in [0, 0.05) is 19.0 Å². The molecule has 0 saturated carbocycles. The largest absolute Gasteiger partial charge is 0.299 e. The van der Waals surface area contributed by atoms with E-state index in [2.05, 4.69) is 29.2 Å². The molecule has 1 aliphatic rings. The van der Waals surface area contributed by atoms with Crippen LogP contribution in [0.4, 0.5) is 8.78 Å². The fourth-order valence-electron chi connectivity index (χ4n) is 2.88. The molecule has 1 atom stereocenters. The van der Waals surface area contributed by atoms with Gasteiger partial charge >= 0.3 is 0 Å². The van der Waals surface area contributed by atoms with Crippen molar-refractivity contribution in [2.75, 3.05) is 13.1 Å². The molecule has 1 aliphatic heterocycles. The van der Waals surface area contributed by atoms with E-state index in [4.69, 9.17) is 0 Å². The van der Waals surface area contributed by atoms with Crippen LogP contribution < -0.4 is 0 Å². The molecule has 0 aromatic heterocycles. The average molecular weight is 261 g/mol. The number of benzene rings is 2. The summed E-state index contributed by atoms with van der Waals surface area (Å²) < 4.78 is 25.4. The number of likely N-dealkylation sites (tertiary alicyclic amines) is 1. The summed E-state index contributed by atoms with van der Waals surface area (Å²) in [6.07, 6.45) is -1.57. The lowest BCUT2D eigenvalue weighted by Gasteiger charge is -2.17. The molecule has 1 saturated heterocycles. The van der Waals surface area contributed by atoms with Crippen molar-refractivity contribution in [3.8, 4) is 0 Å². The van der Waals surface area contributed by atoms with Crippen molar-refractivity contribution in [2.24, 2.45) is 5.92 Å². The molecule has 1 fully saturated rings. The first-order chi connectivity index (χ1) is 9.24. The molecular formula is C16H17F2N. The predicted molar refractivity (Wildman–Crippen MR) is 73.3 cm³/mol. The van der Waals surface area contributed by atoms with Gasteiger partial charge in [-0.15, -0.1) is 0 Å². The van der Waals surface area contributed by atoms with Crippen molar-refractivity contribution in [2.45, 2.75) is 19.4 Å². The molecule has 0 aliphatic carbocycles. The fraction of sp³-hybridized carbons (Fsp3) is 0.375. The summed E-state index contributed by atoms with van der Waals surface area (Å²) >= 11 is 0. The highest BCUT2D eigenvalue weighted by Crippen LogP contribution is 2.26. The van der Waals surface area contributed by atoms with Crippen LogP contribution in [-0.2, 0) is 6.54 Å². The third kappa shape index (κ3) is 2.61. The summed E-state index contributed by atoms with van der Waals surface area (Å²) in [5.74, 6) is -0.449. The molecule has 3 heteroatoms. The second-order valence-corrected chi connectivity index (χ2v) is 5.26. The highest BCUT2D eigenvalue weighted by atomic mass is 19.3. The van der Waals surface area contributed by atoms with Crippen LogP contribution in [0.1, 0.15) is 12.0 Å². The second-order valence-electron chi connectivity index (χ2n) is 5.26. The lowest BCUT2D eigenvalue weighted by Crippen LogP contribution is -2.22. The van der Waals surface area contributed by atoms with E-state index in [0.717, 1.165) is 13.1 Å². The van der Waals surface area contributed by atoms with E-state index in [-0.39, 0.29) is 0 Å². The summed E-state index contributed by atoms with van der Waals surface area (Å²) in [7, 11) is 0. The summed E-state index contributed by atoms with van der Waals surface area (Å²) in [5, 5.41) is 2.44. The highest BCUT2D eigenvalue weighted by Gasteiger charge is 2.29. The first-order valence-electron chi connectivity index (χ1n) is 6.71. The first-order valence-corrected chi connectivity index (χ1v) is 6.71. The van der Waals surface area contributed by atoms with Crippen LogP contribution in [0.25, 0.3) is 10.8 Å². The van der Waals surface area contributed by atoms with Gasteiger partial charge in [-0.05, 0) is 29.3 Å². The van der Waals surface area contributed by atoms with Gasteiger partial charge in [0.1, 0.15) is 0 Å². The van der Waals surface area contributed by atoms with Crippen molar-refractivity contribution < 1.29 is 8.78 Å². The van der Waals surface area contributed by atoms with Crippen molar-refractivity contribution in [1.29, 1.82) is 0 Å². The maximum absolute atomic E-state index is 12.7. The lowest BCUT2D eigenvalue weighted by atomic mass is 10.0. The predicted octanol–water partition coefficient (Wildman–Crippen LogP) is 3.93. The van der Waals surface area contributed by atoms with Gasteiger partial charge < -0.3 is 0 Å². The van der Waals surface area contributed by atoms with Crippen LogP contribution in [-0.4, -0.2) is 24.4 Å². The van der Waals surface area contributed by atoms with Gasteiger partial charge in [-0.2, -0.15) is 0 Å². The summed E-state index contributed by atoms with van der Waals surface area (Å²) in [6, 6.07) is 14.5. The molecule has 0 spiro atoms. The normalized spacial score (nSPS) is 20.5. The van der Waals surface area contributed by atoms with Gasteiger partial charge in [-0.25, -0.2) is 8.78 Å². The number of fused-ring (bicyclic) bond motifs is 1. The third-order valence-electron chi connectivity index (χ3n) is 3.94. The topological polar surface area (TPSA) is 3.24 Å².